The summed E-state index contributed by atoms with van der Waals surface area (Å²) < 4.78 is 0. The topological polar surface area (TPSA) is 228 Å². The number of aliphatic hydroxyl groups is 1. The van der Waals surface area contributed by atoms with Crippen molar-refractivity contribution in [1.29, 1.82) is 0 Å². The van der Waals surface area contributed by atoms with Gasteiger partial charge >= 0.3 is 11.9 Å². The van der Waals surface area contributed by atoms with Crippen molar-refractivity contribution in [2.24, 2.45) is 11.7 Å². The minimum atomic E-state index is -1.74. The molecule has 0 aliphatic rings. The Labute approximate surface area is 201 Å². The molecule has 0 saturated heterocycles. The Hall–Kier alpha value is -3.71. The number of nitrogens with one attached hydrogen (secondary N) is 3. The van der Waals surface area contributed by atoms with Crippen molar-refractivity contribution in [2.75, 3.05) is 0 Å². The number of hydrogen-bond donors (Lipinski definition) is 8. The Morgan fingerprint density at radius 3 is 1.83 bits per heavy atom. The Balaban J connectivity index is 3.16. The van der Waals surface area contributed by atoms with E-state index in [9.17, 15) is 39.3 Å². The van der Waals surface area contributed by atoms with Crippen LogP contribution in [0.15, 0.2) is 24.3 Å². The van der Waals surface area contributed by atoms with E-state index >= 15 is 0 Å². The van der Waals surface area contributed by atoms with E-state index in [-0.39, 0.29) is 18.1 Å². The first-order valence-corrected chi connectivity index (χ1v) is 10.8. The van der Waals surface area contributed by atoms with Crippen LogP contribution in [0.2, 0.25) is 0 Å². The number of benzene rings is 1. The second-order valence-corrected chi connectivity index (χ2v) is 8.43. The SMILES string of the molecule is CC(C)C(N)C(=O)NC(Cc1ccc(O)cc1)C(=O)NC(CC(=O)O)C(=O)NC(C(=O)O)C(C)O. The van der Waals surface area contributed by atoms with Gasteiger partial charge < -0.3 is 42.1 Å². The molecule has 0 bridgehead atoms. The van der Waals surface area contributed by atoms with Gasteiger partial charge in [-0.2, -0.15) is 0 Å². The lowest BCUT2D eigenvalue weighted by Gasteiger charge is -2.25. The fourth-order valence-corrected chi connectivity index (χ4v) is 2.95. The Morgan fingerprint density at radius 1 is 0.857 bits per heavy atom. The van der Waals surface area contributed by atoms with Crippen molar-refractivity contribution in [3.8, 4) is 5.75 Å². The molecule has 0 fully saturated rings. The molecule has 5 atom stereocenters. The van der Waals surface area contributed by atoms with Crippen LogP contribution in [0.1, 0.15) is 32.8 Å². The van der Waals surface area contributed by atoms with E-state index < -0.39 is 66.4 Å². The van der Waals surface area contributed by atoms with Crippen LogP contribution in [0.3, 0.4) is 0 Å². The summed E-state index contributed by atoms with van der Waals surface area (Å²) in [6.07, 6.45) is -2.48. The minimum Gasteiger partial charge on any atom is -0.508 e. The minimum absolute atomic E-state index is 0.0232. The second kappa shape index (κ2) is 13.2. The molecule has 194 valence electrons. The van der Waals surface area contributed by atoms with Gasteiger partial charge in [0, 0.05) is 6.42 Å². The Bertz CT molecular complexity index is 918. The Kier molecular flexibility index (Phi) is 11.1. The van der Waals surface area contributed by atoms with Crippen molar-refractivity contribution >= 4 is 29.7 Å². The number of nitrogens with two attached hydrogens (primary N) is 1. The number of carbonyl (C=O) groups is 5. The van der Waals surface area contributed by atoms with Crippen LogP contribution in [0, 0.1) is 5.92 Å². The number of rotatable bonds is 13. The van der Waals surface area contributed by atoms with Gasteiger partial charge in [0.05, 0.1) is 18.6 Å². The fraction of sp³-hybridized carbons (Fsp3) is 0.500. The zero-order chi connectivity index (χ0) is 26.9. The summed E-state index contributed by atoms with van der Waals surface area (Å²) in [4.78, 5) is 60.7. The lowest BCUT2D eigenvalue weighted by Crippen LogP contribution is -2.59. The van der Waals surface area contributed by atoms with Crippen molar-refractivity contribution in [3.05, 3.63) is 29.8 Å². The predicted molar refractivity (Wildman–Crippen MR) is 122 cm³/mol. The van der Waals surface area contributed by atoms with Crippen molar-refractivity contribution in [1.82, 2.24) is 16.0 Å². The van der Waals surface area contributed by atoms with Gasteiger partial charge in [0.2, 0.25) is 17.7 Å². The maximum atomic E-state index is 13.0. The molecule has 0 radical (unpaired) electrons. The number of carboxylic acid groups (broad SMARTS) is 2. The molecule has 0 aliphatic heterocycles. The predicted octanol–water partition coefficient (Wildman–Crippen LogP) is -1.69. The fourth-order valence-electron chi connectivity index (χ4n) is 2.95. The molecule has 1 aromatic rings. The number of amides is 3. The average molecular weight is 497 g/mol. The largest absolute Gasteiger partial charge is 0.508 e. The average Bonchev–Trinajstić information content (AvgIpc) is 2.76. The van der Waals surface area contributed by atoms with Crippen LogP contribution < -0.4 is 21.7 Å². The van der Waals surface area contributed by atoms with Gasteiger partial charge in [0.15, 0.2) is 6.04 Å². The van der Waals surface area contributed by atoms with E-state index in [0.29, 0.717) is 5.56 Å². The quantitative estimate of drug-likeness (QED) is 0.154. The Morgan fingerprint density at radius 2 is 1.37 bits per heavy atom. The van der Waals surface area contributed by atoms with Crippen molar-refractivity contribution in [3.63, 3.8) is 0 Å². The number of hydrogen-bond acceptors (Lipinski definition) is 8. The molecule has 1 aromatic carbocycles. The number of carboxylic acids is 2. The number of phenolic OH excluding ortho intramolecular Hbond substituents is 1. The molecule has 5 unspecified atom stereocenters. The highest BCUT2D eigenvalue weighted by molar-refractivity contribution is 5.95. The van der Waals surface area contributed by atoms with Gasteiger partial charge in [0.25, 0.3) is 0 Å². The number of aromatic hydroxyl groups is 1. The van der Waals surface area contributed by atoms with E-state index in [1.807, 2.05) is 5.32 Å². The van der Waals surface area contributed by atoms with Crippen LogP contribution >= 0.6 is 0 Å². The van der Waals surface area contributed by atoms with Crippen molar-refractivity contribution < 1.29 is 44.4 Å². The first-order chi connectivity index (χ1) is 16.2. The van der Waals surface area contributed by atoms with Gasteiger partial charge in [-0.25, -0.2) is 4.79 Å². The summed E-state index contributed by atoms with van der Waals surface area (Å²) in [6, 6.07) is 0.0605. The smallest absolute Gasteiger partial charge is 0.328 e. The molecule has 13 nitrogen and oxygen atoms in total. The van der Waals surface area contributed by atoms with E-state index in [4.69, 9.17) is 10.8 Å². The van der Waals surface area contributed by atoms with Crippen LogP contribution in [-0.4, -0.2) is 80.4 Å². The first-order valence-electron chi connectivity index (χ1n) is 10.8. The molecule has 1 rings (SSSR count). The lowest BCUT2D eigenvalue weighted by atomic mass is 10.0. The first kappa shape index (κ1) is 29.3. The summed E-state index contributed by atoms with van der Waals surface area (Å²) in [6.45, 7) is 4.52. The van der Waals surface area contributed by atoms with Gasteiger partial charge in [-0.3, -0.25) is 19.2 Å². The third-order valence-corrected chi connectivity index (χ3v) is 5.09. The highest BCUT2D eigenvalue weighted by Gasteiger charge is 2.33. The second-order valence-electron chi connectivity index (χ2n) is 8.43. The monoisotopic (exact) mass is 496 g/mol. The summed E-state index contributed by atoms with van der Waals surface area (Å²) in [7, 11) is 0. The number of phenols is 1. The van der Waals surface area contributed by atoms with Crippen LogP contribution in [0.25, 0.3) is 0 Å². The molecular formula is C22H32N4O9. The normalized spacial score (nSPS) is 15.3. The zero-order valence-corrected chi connectivity index (χ0v) is 19.6. The third-order valence-electron chi connectivity index (χ3n) is 5.09. The molecular weight excluding hydrogens is 464 g/mol. The molecule has 0 saturated carbocycles. The van der Waals surface area contributed by atoms with Crippen molar-refractivity contribution in [2.45, 2.75) is 63.9 Å². The van der Waals surface area contributed by atoms with Crippen LogP contribution in [0.4, 0.5) is 0 Å². The molecule has 0 heterocycles. The van der Waals surface area contributed by atoms with Gasteiger partial charge in [-0.1, -0.05) is 26.0 Å². The zero-order valence-electron chi connectivity index (χ0n) is 19.6. The van der Waals surface area contributed by atoms with E-state index in [2.05, 4.69) is 10.6 Å². The molecule has 35 heavy (non-hydrogen) atoms. The third kappa shape index (κ3) is 9.59. The standard InChI is InChI=1S/C22H32N4O9/c1-10(2)17(23)21(33)25-14(8-12-4-6-13(28)7-5-12)19(31)24-15(9-16(29)30)20(32)26-18(11(3)27)22(34)35/h4-7,10-11,14-15,17-18,27-28H,8-9,23H2,1-3H3,(H,24,31)(H,25,33)(H,26,32)(H,29,30)(H,34,35). The summed E-state index contributed by atoms with van der Waals surface area (Å²) >= 11 is 0. The van der Waals surface area contributed by atoms with Gasteiger partial charge in [-0.05, 0) is 30.5 Å². The maximum Gasteiger partial charge on any atom is 0.328 e. The van der Waals surface area contributed by atoms with Crippen LogP contribution in [0.5, 0.6) is 5.75 Å². The highest BCUT2D eigenvalue weighted by atomic mass is 16.4. The molecule has 9 N–H and O–H groups in total. The molecule has 0 aliphatic carbocycles. The van der Waals surface area contributed by atoms with Crippen LogP contribution in [-0.2, 0) is 30.4 Å². The van der Waals surface area contributed by atoms with E-state index in [1.165, 1.54) is 24.3 Å². The van der Waals surface area contributed by atoms with E-state index in [0.717, 1.165) is 6.92 Å². The lowest BCUT2D eigenvalue weighted by molar-refractivity contribution is -0.146. The molecule has 3 amide bonds. The molecule has 13 heteroatoms. The molecule has 0 spiro atoms. The van der Waals surface area contributed by atoms with E-state index in [1.54, 1.807) is 13.8 Å². The summed E-state index contributed by atoms with van der Waals surface area (Å²) in [5, 5.41) is 44.1. The summed E-state index contributed by atoms with van der Waals surface area (Å²) in [5.74, 6) is -6.03. The van der Waals surface area contributed by atoms with Gasteiger partial charge in [-0.15, -0.1) is 0 Å². The van der Waals surface area contributed by atoms with Gasteiger partial charge in [0.1, 0.15) is 17.8 Å². The number of carbonyl (C=O) groups excluding carboxylic acids is 3. The number of aliphatic hydroxyl groups excluding tert-OH is 1. The summed E-state index contributed by atoms with van der Waals surface area (Å²) in [5.41, 5.74) is 6.38. The maximum absolute atomic E-state index is 13.0. The molecule has 0 aromatic heterocycles. The highest BCUT2D eigenvalue weighted by Crippen LogP contribution is 2.12. The number of aliphatic carboxylic acids is 2.